The van der Waals surface area contributed by atoms with Crippen molar-refractivity contribution in [1.29, 1.82) is 0 Å². The van der Waals surface area contributed by atoms with E-state index in [1.165, 1.54) is 5.56 Å². The molecule has 2 aromatic rings. The quantitative estimate of drug-likeness (QED) is 0.742. The Balaban J connectivity index is 1.78. The standard InChI is InChI=1S/C20H27NO2/c1-2-6-19(21)20(22)14-11-16-9-12-18(13-10-16)23-15-17-7-4-3-5-8-17/h3-5,7-10,12-13,19-20,22H,2,6,11,14-15,21H2,1H3. The van der Waals surface area contributed by atoms with Gasteiger partial charge in [0.2, 0.25) is 0 Å². The maximum atomic E-state index is 10.0. The third-order valence-corrected chi connectivity index (χ3v) is 4.02. The Hall–Kier alpha value is -1.84. The van der Waals surface area contributed by atoms with Crippen molar-refractivity contribution in [2.24, 2.45) is 5.73 Å². The maximum Gasteiger partial charge on any atom is 0.119 e. The number of ether oxygens (including phenoxy) is 1. The molecule has 2 rings (SSSR count). The van der Waals surface area contributed by atoms with Crippen LogP contribution < -0.4 is 10.5 Å². The van der Waals surface area contributed by atoms with E-state index in [0.29, 0.717) is 13.0 Å². The van der Waals surface area contributed by atoms with Crippen molar-refractivity contribution in [2.45, 2.75) is 51.4 Å². The third-order valence-electron chi connectivity index (χ3n) is 4.02. The van der Waals surface area contributed by atoms with Crippen LogP contribution in [0.5, 0.6) is 5.75 Å². The molecule has 0 amide bonds. The van der Waals surface area contributed by atoms with E-state index in [1.807, 2.05) is 30.3 Å². The van der Waals surface area contributed by atoms with Gasteiger partial charge in [0.1, 0.15) is 12.4 Å². The maximum absolute atomic E-state index is 10.0. The first-order chi connectivity index (χ1) is 11.2. The molecule has 2 aromatic carbocycles. The number of benzene rings is 2. The molecule has 0 aliphatic rings. The molecule has 2 atom stereocenters. The Labute approximate surface area is 139 Å². The minimum absolute atomic E-state index is 0.117. The summed E-state index contributed by atoms with van der Waals surface area (Å²) in [6.07, 6.45) is 2.98. The molecule has 0 bridgehead atoms. The van der Waals surface area contributed by atoms with Crippen molar-refractivity contribution < 1.29 is 9.84 Å². The molecule has 3 nitrogen and oxygen atoms in total. The van der Waals surface area contributed by atoms with Crippen molar-refractivity contribution in [3.8, 4) is 5.75 Å². The number of aliphatic hydroxyl groups is 1. The lowest BCUT2D eigenvalue weighted by Gasteiger charge is -2.18. The van der Waals surface area contributed by atoms with Crippen LogP contribution in [0.25, 0.3) is 0 Å². The molecule has 23 heavy (non-hydrogen) atoms. The molecular formula is C20H27NO2. The van der Waals surface area contributed by atoms with E-state index >= 15 is 0 Å². The summed E-state index contributed by atoms with van der Waals surface area (Å²) in [6, 6.07) is 18.1. The van der Waals surface area contributed by atoms with Crippen LogP contribution in [0.3, 0.4) is 0 Å². The van der Waals surface area contributed by atoms with E-state index in [2.05, 4.69) is 31.2 Å². The Morgan fingerprint density at radius 3 is 2.30 bits per heavy atom. The number of hydrogen-bond acceptors (Lipinski definition) is 3. The van der Waals surface area contributed by atoms with Gasteiger partial charge in [-0.15, -0.1) is 0 Å². The van der Waals surface area contributed by atoms with Gasteiger partial charge in [0.25, 0.3) is 0 Å². The Bertz CT molecular complexity index is 554. The van der Waals surface area contributed by atoms with Gasteiger partial charge in [0.05, 0.1) is 6.10 Å². The molecule has 0 radical (unpaired) electrons. The van der Waals surface area contributed by atoms with Gasteiger partial charge in [-0.2, -0.15) is 0 Å². The van der Waals surface area contributed by atoms with Crippen LogP contribution in [0.2, 0.25) is 0 Å². The van der Waals surface area contributed by atoms with Gasteiger partial charge in [0.15, 0.2) is 0 Å². The highest BCUT2D eigenvalue weighted by atomic mass is 16.5. The number of rotatable bonds is 9. The molecule has 3 N–H and O–H groups in total. The number of hydrogen-bond donors (Lipinski definition) is 2. The Kier molecular flexibility index (Phi) is 7.11. The van der Waals surface area contributed by atoms with E-state index in [4.69, 9.17) is 10.5 Å². The zero-order valence-electron chi connectivity index (χ0n) is 13.8. The topological polar surface area (TPSA) is 55.5 Å². The number of aryl methyl sites for hydroxylation is 1. The first-order valence-electron chi connectivity index (χ1n) is 8.38. The summed E-state index contributed by atoms with van der Waals surface area (Å²) in [5, 5.41) is 10.0. The molecule has 0 heterocycles. The van der Waals surface area contributed by atoms with Crippen molar-refractivity contribution in [2.75, 3.05) is 0 Å². The fourth-order valence-electron chi connectivity index (χ4n) is 2.55. The molecular weight excluding hydrogens is 286 g/mol. The van der Waals surface area contributed by atoms with E-state index in [9.17, 15) is 5.11 Å². The normalized spacial score (nSPS) is 13.5. The molecule has 2 unspecified atom stereocenters. The third kappa shape index (κ3) is 6.05. The summed E-state index contributed by atoms with van der Waals surface area (Å²) in [7, 11) is 0. The summed E-state index contributed by atoms with van der Waals surface area (Å²) >= 11 is 0. The average molecular weight is 313 g/mol. The van der Waals surface area contributed by atoms with Gasteiger partial charge in [0, 0.05) is 6.04 Å². The van der Waals surface area contributed by atoms with Crippen LogP contribution in [0.4, 0.5) is 0 Å². The molecule has 0 spiro atoms. The summed E-state index contributed by atoms with van der Waals surface area (Å²) in [4.78, 5) is 0. The lowest BCUT2D eigenvalue weighted by molar-refractivity contribution is 0.131. The minimum Gasteiger partial charge on any atom is -0.489 e. The van der Waals surface area contributed by atoms with Crippen LogP contribution in [0.1, 0.15) is 37.3 Å². The molecule has 0 saturated heterocycles. The first-order valence-corrected chi connectivity index (χ1v) is 8.38. The highest BCUT2D eigenvalue weighted by molar-refractivity contribution is 5.28. The average Bonchev–Trinajstić information content (AvgIpc) is 2.60. The number of nitrogens with two attached hydrogens (primary N) is 1. The van der Waals surface area contributed by atoms with Crippen LogP contribution in [-0.4, -0.2) is 17.3 Å². The summed E-state index contributed by atoms with van der Waals surface area (Å²) in [6.45, 7) is 2.66. The molecule has 0 fully saturated rings. The monoisotopic (exact) mass is 313 g/mol. The molecule has 0 aromatic heterocycles. The lowest BCUT2D eigenvalue weighted by atomic mass is 9.99. The van der Waals surface area contributed by atoms with Crippen molar-refractivity contribution in [3.63, 3.8) is 0 Å². The van der Waals surface area contributed by atoms with Crippen molar-refractivity contribution in [1.82, 2.24) is 0 Å². The van der Waals surface area contributed by atoms with Crippen LogP contribution in [0, 0.1) is 0 Å². The smallest absolute Gasteiger partial charge is 0.119 e. The predicted octanol–water partition coefficient (Wildman–Crippen LogP) is 3.69. The number of aliphatic hydroxyl groups excluding tert-OH is 1. The zero-order valence-corrected chi connectivity index (χ0v) is 13.8. The highest BCUT2D eigenvalue weighted by Crippen LogP contribution is 2.16. The fraction of sp³-hybridized carbons (Fsp3) is 0.400. The summed E-state index contributed by atoms with van der Waals surface area (Å²) in [5.74, 6) is 0.862. The van der Waals surface area contributed by atoms with Crippen LogP contribution >= 0.6 is 0 Å². The predicted molar refractivity (Wildman–Crippen MR) is 94.4 cm³/mol. The lowest BCUT2D eigenvalue weighted by Crippen LogP contribution is -2.34. The van der Waals surface area contributed by atoms with Gasteiger partial charge in [-0.3, -0.25) is 0 Å². The van der Waals surface area contributed by atoms with Gasteiger partial charge in [-0.25, -0.2) is 0 Å². The first kappa shape index (κ1) is 17.5. The largest absolute Gasteiger partial charge is 0.489 e. The minimum atomic E-state index is -0.427. The molecule has 3 heteroatoms. The zero-order chi connectivity index (χ0) is 16.5. The van der Waals surface area contributed by atoms with E-state index in [-0.39, 0.29) is 6.04 Å². The summed E-state index contributed by atoms with van der Waals surface area (Å²) < 4.78 is 5.77. The molecule has 0 saturated carbocycles. The molecule has 0 aliphatic carbocycles. The van der Waals surface area contributed by atoms with E-state index < -0.39 is 6.10 Å². The highest BCUT2D eigenvalue weighted by Gasteiger charge is 2.13. The Morgan fingerprint density at radius 1 is 0.957 bits per heavy atom. The second kappa shape index (κ2) is 9.33. The van der Waals surface area contributed by atoms with Crippen LogP contribution in [0.15, 0.2) is 54.6 Å². The second-order valence-electron chi connectivity index (χ2n) is 5.98. The van der Waals surface area contributed by atoms with Gasteiger partial charge in [-0.1, -0.05) is 55.8 Å². The fourth-order valence-corrected chi connectivity index (χ4v) is 2.55. The molecule has 124 valence electrons. The second-order valence-corrected chi connectivity index (χ2v) is 5.98. The van der Waals surface area contributed by atoms with E-state index in [0.717, 1.165) is 30.6 Å². The van der Waals surface area contributed by atoms with Crippen molar-refractivity contribution in [3.05, 3.63) is 65.7 Å². The van der Waals surface area contributed by atoms with Crippen LogP contribution in [-0.2, 0) is 13.0 Å². The summed E-state index contributed by atoms with van der Waals surface area (Å²) in [5.41, 5.74) is 8.29. The molecule has 0 aliphatic heterocycles. The van der Waals surface area contributed by atoms with Crippen molar-refractivity contribution >= 4 is 0 Å². The van der Waals surface area contributed by atoms with E-state index in [1.54, 1.807) is 0 Å². The van der Waals surface area contributed by atoms with Gasteiger partial charge in [-0.05, 0) is 42.5 Å². The van der Waals surface area contributed by atoms with Gasteiger partial charge >= 0.3 is 0 Å². The van der Waals surface area contributed by atoms with Gasteiger partial charge < -0.3 is 15.6 Å². The Morgan fingerprint density at radius 2 is 1.65 bits per heavy atom. The SMILES string of the molecule is CCCC(N)C(O)CCc1ccc(OCc2ccccc2)cc1.